The van der Waals surface area contributed by atoms with E-state index < -0.39 is 0 Å². The fourth-order valence-electron chi connectivity index (χ4n) is 1.85. The number of nitrogens with zero attached hydrogens (tertiary/aromatic N) is 4. The van der Waals surface area contributed by atoms with E-state index in [1.54, 1.807) is 6.07 Å². The van der Waals surface area contributed by atoms with Crippen LogP contribution < -0.4 is 5.73 Å². The van der Waals surface area contributed by atoms with Gasteiger partial charge in [0.2, 0.25) is 0 Å². The molecule has 0 fully saturated rings. The normalized spacial score (nSPS) is 11.4. The molecule has 0 amide bonds. The zero-order chi connectivity index (χ0) is 13.5. The van der Waals surface area contributed by atoms with Gasteiger partial charge in [0, 0.05) is 24.8 Å². The molecule has 0 saturated heterocycles. The van der Waals surface area contributed by atoms with Crippen molar-refractivity contribution >= 4 is 5.82 Å². The summed E-state index contributed by atoms with van der Waals surface area (Å²) in [7, 11) is 4.18. The lowest BCUT2D eigenvalue weighted by Gasteiger charge is -2.22. The Labute approximate surface area is 110 Å². The first-order chi connectivity index (χ1) is 8.51. The summed E-state index contributed by atoms with van der Waals surface area (Å²) in [4.78, 5) is 13.3. The quantitative estimate of drug-likeness (QED) is 0.787. The highest BCUT2D eigenvalue weighted by Crippen LogP contribution is 2.05. The zero-order valence-corrected chi connectivity index (χ0v) is 12.0. The lowest BCUT2D eigenvalue weighted by Crippen LogP contribution is -2.32. The van der Waals surface area contributed by atoms with Gasteiger partial charge in [-0.05, 0) is 34.0 Å². The number of rotatable bonds is 7. The second-order valence-corrected chi connectivity index (χ2v) is 4.93. The standard InChI is InChI=1S/C13H25N5/c1-5-6-18(8-7-17(3)4)10-13-15-11(2)9-12(14)16-13/h9H,5-8,10H2,1-4H3,(H2,14,15,16). The molecule has 0 aliphatic heterocycles. The molecule has 0 unspecified atom stereocenters. The number of hydrogen-bond donors (Lipinski definition) is 1. The van der Waals surface area contributed by atoms with E-state index in [0.717, 1.165) is 44.1 Å². The number of likely N-dealkylation sites (N-methyl/N-ethyl adjacent to an activating group) is 1. The van der Waals surface area contributed by atoms with Crippen molar-refractivity contribution in [2.75, 3.05) is 39.5 Å². The average molecular weight is 251 g/mol. The minimum absolute atomic E-state index is 0.557. The molecule has 18 heavy (non-hydrogen) atoms. The maximum absolute atomic E-state index is 5.75. The van der Waals surface area contributed by atoms with E-state index in [1.165, 1.54) is 0 Å². The minimum atomic E-state index is 0.557. The summed E-state index contributed by atoms with van der Waals surface area (Å²) in [6.07, 6.45) is 1.13. The van der Waals surface area contributed by atoms with Gasteiger partial charge in [-0.25, -0.2) is 9.97 Å². The smallest absolute Gasteiger partial charge is 0.144 e. The van der Waals surface area contributed by atoms with Gasteiger partial charge in [0.05, 0.1) is 6.54 Å². The van der Waals surface area contributed by atoms with Crippen LogP contribution in [0, 0.1) is 6.92 Å². The van der Waals surface area contributed by atoms with E-state index in [9.17, 15) is 0 Å². The summed E-state index contributed by atoms with van der Waals surface area (Å²) in [5.74, 6) is 1.38. The Morgan fingerprint density at radius 2 is 1.89 bits per heavy atom. The number of nitrogen functional groups attached to an aromatic ring is 1. The van der Waals surface area contributed by atoms with Gasteiger partial charge < -0.3 is 10.6 Å². The molecule has 0 atom stereocenters. The fraction of sp³-hybridized carbons (Fsp3) is 0.692. The van der Waals surface area contributed by atoms with Crippen LogP contribution in [0.5, 0.6) is 0 Å². The van der Waals surface area contributed by atoms with Crippen LogP contribution in [0.3, 0.4) is 0 Å². The molecule has 0 aliphatic rings. The van der Waals surface area contributed by atoms with Gasteiger partial charge in [-0.2, -0.15) is 0 Å². The van der Waals surface area contributed by atoms with Gasteiger partial charge in [-0.3, -0.25) is 4.90 Å². The van der Waals surface area contributed by atoms with Gasteiger partial charge >= 0.3 is 0 Å². The van der Waals surface area contributed by atoms with Crippen LogP contribution in [-0.2, 0) is 6.54 Å². The third-order valence-electron chi connectivity index (χ3n) is 2.69. The zero-order valence-electron chi connectivity index (χ0n) is 12.0. The van der Waals surface area contributed by atoms with Crippen LogP contribution in [0.15, 0.2) is 6.07 Å². The van der Waals surface area contributed by atoms with Crippen LogP contribution in [0.2, 0.25) is 0 Å². The van der Waals surface area contributed by atoms with Crippen molar-refractivity contribution in [3.05, 3.63) is 17.6 Å². The monoisotopic (exact) mass is 251 g/mol. The molecule has 0 saturated carbocycles. The van der Waals surface area contributed by atoms with Crippen molar-refractivity contribution in [3.8, 4) is 0 Å². The molecule has 5 nitrogen and oxygen atoms in total. The Morgan fingerprint density at radius 1 is 1.17 bits per heavy atom. The first-order valence-electron chi connectivity index (χ1n) is 6.48. The summed E-state index contributed by atoms with van der Waals surface area (Å²) in [6.45, 7) is 8.04. The van der Waals surface area contributed by atoms with E-state index in [1.807, 2.05) is 6.92 Å². The van der Waals surface area contributed by atoms with Crippen molar-refractivity contribution in [1.82, 2.24) is 19.8 Å². The van der Waals surface area contributed by atoms with E-state index in [4.69, 9.17) is 5.73 Å². The van der Waals surface area contributed by atoms with E-state index in [2.05, 4.69) is 40.8 Å². The number of nitrogens with two attached hydrogens (primary N) is 1. The highest BCUT2D eigenvalue weighted by atomic mass is 15.2. The Bertz CT molecular complexity index is 344. The maximum Gasteiger partial charge on any atom is 0.144 e. The molecule has 0 spiro atoms. The molecular formula is C13H25N5. The van der Waals surface area contributed by atoms with Gasteiger partial charge in [0.15, 0.2) is 0 Å². The van der Waals surface area contributed by atoms with E-state index in [-0.39, 0.29) is 0 Å². The first kappa shape index (κ1) is 14.9. The van der Waals surface area contributed by atoms with E-state index >= 15 is 0 Å². The summed E-state index contributed by atoms with van der Waals surface area (Å²) in [5, 5.41) is 0. The molecule has 1 rings (SSSR count). The lowest BCUT2D eigenvalue weighted by atomic mass is 10.3. The molecule has 0 aromatic carbocycles. The Morgan fingerprint density at radius 3 is 2.44 bits per heavy atom. The summed E-state index contributed by atoms with van der Waals surface area (Å²) < 4.78 is 0. The van der Waals surface area contributed by atoms with Crippen molar-refractivity contribution in [1.29, 1.82) is 0 Å². The first-order valence-corrected chi connectivity index (χ1v) is 6.48. The molecule has 1 heterocycles. The largest absolute Gasteiger partial charge is 0.384 e. The summed E-state index contributed by atoms with van der Waals surface area (Å²) in [5.41, 5.74) is 6.69. The summed E-state index contributed by atoms with van der Waals surface area (Å²) in [6, 6.07) is 1.80. The minimum Gasteiger partial charge on any atom is -0.384 e. The maximum atomic E-state index is 5.75. The number of hydrogen-bond acceptors (Lipinski definition) is 5. The van der Waals surface area contributed by atoms with Crippen LogP contribution in [0.25, 0.3) is 0 Å². The lowest BCUT2D eigenvalue weighted by molar-refractivity contribution is 0.229. The SMILES string of the molecule is CCCN(CCN(C)C)Cc1nc(C)cc(N)n1. The molecule has 1 aromatic rings. The number of anilines is 1. The number of aryl methyl sites for hydroxylation is 1. The second kappa shape index (κ2) is 7.28. The second-order valence-electron chi connectivity index (χ2n) is 4.93. The number of aromatic nitrogens is 2. The molecule has 102 valence electrons. The Hall–Kier alpha value is -1.20. The molecule has 2 N–H and O–H groups in total. The molecule has 0 aliphatic carbocycles. The Balaban J connectivity index is 2.63. The van der Waals surface area contributed by atoms with Crippen molar-refractivity contribution < 1.29 is 0 Å². The van der Waals surface area contributed by atoms with Gasteiger partial charge in [0.25, 0.3) is 0 Å². The predicted molar refractivity (Wildman–Crippen MR) is 75.3 cm³/mol. The molecule has 1 aromatic heterocycles. The topological polar surface area (TPSA) is 58.3 Å². The van der Waals surface area contributed by atoms with E-state index in [0.29, 0.717) is 5.82 Å². The van der Waals surface area contributed by atoms with Gasteiger partial charge in [-0.1, -0.05) is 6.92 Å². The van der Waals surface area contributed by atoms with Crippen LogP contribution in [0.4, 0.5) is 5.82 Å². The highest BCUT2D eigenvalue weighted by molar-refractivity contribution is 5.29. The molecule has 0 bridgehead atoms. The van der Waals surface area contributed by atoms with Gasteiger partial charge in [-0.15, -0.1) is 0 Å². The predicted octanol–water partition coefficient (Wildman–Crippen LogP) is 1.14. The highest BCUT2D eigenvalue weighted by Gasteiger charge is 2.08. The average Bonchev–Trinajstić information content (AvgIpc) is 2.24. The third kappa shape index (κ3) is 5.42. The Kier molecular flexibility index (Phi) is 6.01. The van der Waals surface area contributed by atoms with Crippen LogP contribution >= 0.6 is 0 Å². The third-order valence-corrected chi connectivity index (χ3v) is 2.69. The molecular weight excluding hydrogens is 226 g/mol. The molecule has 0 radical (unpaired) electrons. The van der Waals surface area contributed by atoms with Crippen molar-refractivity contribution in [2.24, 2.45) is 0 Å². The molecule has 5 heteroatoms. The fourth-order valence-corrected chi connectivity index (χ4v) is 1.85. The van der Waals surface area contributed by atoms with Crippen molar-refractivity contribution in [3.63, 3.8) is 0 Å². The van der Waals surface area contributed by atoms with Crippen molar-refractivity contribution in [2.45, 2.75) is 26.8 Å². The van der Waals surface area contributed by atoms with Crippen LogP contribution in [-0.4, -0.2) is 53.5 Å². The van der Waals surface area contributed by atoms with Gasteiger partial charge in [0.1, 0.15) is 11.6 Å². The van der Waals surface area contributed by atoms with Crippen LogP contribution in [0.1, 0.15) is 24.9 Å². The summed E-state index contributed by atoms with van der Waals surface area (Å²) >= 11 is 0.